The Morgan fingerprint density at radius 2 is 1.89 bits per heavy atom. The predicted octanol–water partition coefficient (Wildman–Crippen LogP) is 2.48. The number of rotatable bonds is 7. The highest BCUT2D eigenvalue weighted by atomic mass is 19.3. The van der Waals surface area contributed by atoms with Crippen LogP contribution in [0.25, 0.3) is 6.08 Å². The molecule has 0 aliphatic rings. The summed E-state index contributed by atoms with van der Waals surface area (Å²) in [5.74, 6) is -1.94. The molecule has 28 heavy (non-hydrogen) atoms. The van der Waals surface area contributed by atoms with E-state index in [-0.39, 0.29) is 17.1 Å². The van der Waals surface area contributed by atoms with Gasteiger partial charge in [0.25, 0.3) is 5.91 Å². The summed E-state index contributed by atoms with van der Waals surface area (Å²) >= 11 is 0. The molecule has 0 radical (unpaired) electrons. The molecule has 0 aliphatic carbocycles. The number of benzene rings is 1. The fourth-order valence-electron chi connectivity index (χ4n) is 1.92. The molecule has 10 heteroatoms. The fourth-order valence-corrected chi connectivity index (χ4v) is 1.92. The number of hydrogen-bond donors (Lipinski definition) is 2. The Morgan fingerprint density at radius 1 is 1.21 bits per heavy atom. The van der Waals surface area contributed by atoms with Crippen LogP contribution in [0.2, 0.25) is 0 Å². The first kappa shape index (κ1) is 22.9. The molecule has 3 amide bonds. The summed E-state index contributed by atoms with van der Waals surface area (Å²) in [5.41, 5.74) is -0.399. The molecule has 0 unspecified atom stereocenters. The van der Waals surface area contributed by atoms with E-state index in [1.54, 1.807) is 20.8 Å². The lowest BCUT2D eigenvalue weighted by Gasteiger charge is -2.20. The Kier molecular flexibility index (Phi) is 8.36. The van der Waals surface area contributed by atoms with Gasteiger partial charge in [0.15, 0.2) is 18.1 Å². The first-order valence-corrected chi connectivity index (χ1v) is 8.10. The molecule has 8 nitrogen and oxygen atoms in total. The van der Waals surface area contributed by atoms with E-state index in [2.05, 4.69) is 10.1 Å². The number of nitrogens with one attached hydrogen (secondary N) is 2. The van der Waals surface area contributed by atoms with Crippen LogP contribution in [0.1, 0.15) is 26.3 Å². The third-order valence-electron chi connectivity index (χ3n) is 2.92. The van der Waals surface area contributed by atoms with Crippen molar-refractivity contribution < 1.29 is 37.4 Å². The van der Waals surface area contributed by atoms with Crippen molar-refractivity contribution in [3.05, 3.63) is 29.8 Å². The van der Waals surface area contributed by atoms with Gasteiger partial charge < -0.3 is 19.5 Å². The Bertz CT molecular complexity index is 744. The molecule has 2 N–H and O–H groups in total. The van der Waals surface area contributed by atoms with Gasteiger partial charge >= 0.3 is 18.6 Å². The lowest BCUT2D eigenvalue weighted by atomic mass is 10.1. The Hall–Kier alpha value is -3.17. The number of hydrogen-bond acceptors (Lipinski definition) is 6. The molecule has 0 heterocycles. The zero-order valence-electron chi connectivity index (χ0n) is 15.9. The van der Waals surface area contributed by atoms with E-state index in [0.29, 0.717) is 0 Å². The Balaban J connectivity index is 2.65. The zero-order valence-corrected chi connectivity index (χ0v) is 15.9. The van der Waals surface area contributed by atoms with Crippen LogP contribution >= 0.6 is 0 Å². The summed E-state index contributed by atoms with van der Waals surface area (Å²) in [6, 6.07) is 3.63. The van der Waals surface area contributed by atoms with Crippen LogP contribution in [0, 0.1) is 0 Å². The number of amides is 3. The van der Waals surface area contributed by atoms with Crippen molar-refractivity contribution in [3.63, 3.8) is 0 Å². The normalized spacial score (nSPS) is 11.2. The van der Waals surface area contributed by atoms with Gasteiger partial charge in [-0.2, -0.15) is 8.78 Å². The van der Waals surface area contributed by atoms with Crippen LogP contribution in [-0.2, 0) is 14.3 Å². The maximum absolute atomic E-state index is 12.6. The summed E-state index contributed by atoms with van der Waals surface area (Å²) in [7, 11) is 1.28. The third kappa shape index (κ3) is 8.47. The van der Waals surface area contributed by atoms with Crippen molar-refractivity contribution >= 4 is 24.0 Å². The highest BCUT2D eigenvalue weighted by Crippen LogP contribution is 2.33. The van der Waals surface area contributed by atoms with Crippen LogP contribution < -0.4 is 20.1 Å². The first-order chi connectivity index (χ1) is 13.0. The molecule has 1 rings (SSSR count). The van der Waals surface area contributed by atoms with E-state index in [0.717, 1.165) is 6.08 Å². The smallest absolute Gasteiger partial charge is 0.387 e. The van der Waals surface area contributed by atoms with Crippen LogP contribution in [0.3, 0.4) is 0 Å². The van der Waals surface area contributed by atoms with Gasteiger partial charge in [-0.05, 0) is 32.9 Å². The lowest BCUT2D eigenvalue weighted by Crippen LogP contribution is -2.49. The quantitative estimate of drug-likeness (QED) is 0.538. The van der Waals surface area contributed by atoms with Gasteiger partial charge in [-0.25, -0.2) is 9.59 Å². The molecule has 0 spiro atoms. The van der Waals surface area contributed by atoms with Crippen LogP contribution in [0.4, 0.5) is 13.6 Å². The molecular weight excluding hydrogens is 378 g/mol. The molecule has 0 atom stereocenters. The summed E-state index contributed by atoms with van der Waals surface area (Å²) in [6.07, 6.45) is 2.10. The van der Waals surface area contributed by atoms with E-state index in [1.807, 2.05) is 5.32 Å². The molecule has 0 fully saturated rings. The maximum Gasteiger partial charge on any atom is 0.387 e. The van der Waals surface area contributed by atoms with E-state index in [1.165, 1.54) is 31.4 Å². The number of para-hydroxylation sites is 1. The fraction of sp³-hybridized carbons (Fsp3) is 0.389. The van der Waals surface area contributed by atoms with Crippen molar-refractivity contribution in [1.29, 1.82) is 0 Å². The van der Waals surface area contributed by atoms with E-state index >= 15 is 0 Å². The standard InChI is InChI=1S/C18H22F2N2O6/c1-18(2,3)22-17(25)21-13(23)10-27-14(24)9-8-11-6-5-7-12(26-4)15(11)28-16(19)20/h5-9,16H,10H2,1-4H3,(H2,21,22,23,25)/b9-8+. The Morgan fingerprint density at radius 3 is 2.46 bits per heavy atom. The van der Waals surface area contributed by atoms with Crippen molar-refractivity contribution in [2.45, 2.75) is 32.9 Å². The topological polar surface area (TPSA) is 103 Å². The largest absolute Gasteiger partial charge is 0.493 e. The number of halogens is 2. The highest BCUT2D eigenvalue weighted by molar-refractivity contribution is 5.96. The number of urea groups is 1. The number of alkyl halides is 2. The second kappa shape index (κ2) is 10.2. The van der Waals surface area contributed by atoms with Gasteiger partial charge in [0.05, 0.1) is 7.11 Å². The van der Waals surface area contributed by atoms with Gasteiger partial charge in [-0.15, -0.1) is 0 Å². The summed E-state index contributed by atoms with van der Waals surface area (Å²) in [6.45, 7) is 1.41. The molecule has 0 bridgehead atoms. The average Bonchev–Trinajstić information content (AvgIpc) is 2.56. The van der Waals surface area contributed by atoms with Gasteiger partial charge in [0, 0.05) is 17.2 Å². The van der Waals surface area contributed by atoms with Crippen LogP contribution in [0.5, 0.6) is 11.5 Å². The van der Waals surface area contributed by atoms with Gasteiger partial charge in [-0.3, -0.25) is 10.1 Å². The summed E-state index contributed by atoms with van der Waals surface area (Å²) in [4.78, 5) is 34.8. The molecule has 0 aliphatic heterocycles. The highest BCUT2D eigenvalue weighted by Gasteiger charge is 2.17. The minimum absolute atomic E-state index is 0.0556. The second-order valence-corrected chi connectivity index (χ2v) is 6.45. The van der Waals surface area contributed by atoms with E-state index < -0.39 is 36.7 Å². The zero-order chi connectivity index (χ0) is 21.3. The number of ether oxygens (including phenoxy) is 3. The van der Waals surface area contributed by atoms with Crippen molar-refractivity contribution in [3.8, 4) is 11.5 Å². The third-order valence-corrected chi connectivity index (χ3v) is 2.92. The monoisotopic (exact) mass is 400 g/mol. The summed E-state index contributed by atoms with van der Waals surface area (Å²) in [5, 5.41) is 4.51. The van der Waals surface area contributed by atoms with Gasteiger partial charge in [0.2, 0.25) is 0 Å². The Labute approximate surface area is 160 Å². The molecule has 154 valence electrons. The van der Waals surface area contributed by atoms with Crippen LogP contribution in [-0.4, -0.2) is 43.8 Å². The number of esters is 1. The van der Waals surface area contributed by atoms with Crippen LogP contribution in [0.15, 0.2) is 24.3 Å². The number of carbonyl (C=O) groups excluding carboxylic acids is 3. The second-order valence-electron chi connectivity index (χ2n) is 6.45. The van der Waals surface area contributed by atoms with Crippen molar-refractivity contribution in [1.82, 2.24) is 10.6 Å². The number of imide groups is 1. The molecular formula is C18H22F2N2O6. The number of methoxy groups -OCH3 is 1. The minimum Gasteiger partial charge on any atom is -0.493 e. The lowest BCUT2D eigenvalue weighted by molar-refractivity contribution is -0.143. The van der Waals surface area contributed by atoms with E-state index in [9.17, 15) is 23.2 Å². The molecule has 1 aromatic carbocycles. The van der Waals surface area contributed by atoms with Gasteiger partial charge in [0.1, 0.15) is 0 Å². The van der Waals surface area contributed by atoms with Gasteiger partial charge in [-0.1, -0.05) is 12.1 Å². The molecule has 0 saturated carbocycles. The first-order valence-electron chi connectivity index (χ1n) is 8.10. The van der Waals surface area contributed by atoms with E-state index in [4.69, 9.17) is 9.47 Å². The SMILES string of the molecule is COc1cccc(/C=C/C(=O)OCC(=O)NC(=O)NC(C)(C)C)c1OC(F)F. The minimum atomic E-state index is -3.08. The van der Waals surface area contributed by atoms with Crippen molar-refractivity contribution in [2.75, 3.05) is 13.7 Å². The average molecular weight is 400 g/mol. The maximum atomic E-state index is 12.6. The molecule has 0 aromatic heterocycles. The molecule has 0 saturated heterocycles. The predicted molar refractivity (Wildman–Crippen MR) is 96.0 cm³/mol. The molecule has 1 aromatic rings. The van der Waals surface area contributed by atoms with Crippen molar-refractivity contribution in [2.24, 2.45) is 0 Å². The number of carbonyl (C=O) groups is 3. The summed E-state index contributed by atoms with van der Waals surface area (Å²) < 4.78 is 39.2.